The van der Waals surface area contributed by atoms with Crippen LogP contribution in [-0.4, -0.2) is 19.6 Å². The van der Waals surface area contributed by atoms with Crippen molar-refractivity contribution >= 4 is 17.2 Å². The zero-order valence-corrected chi connectivity index (χ0v) is 9.36. The number of fused-ring (bicyclic) bond motifs is 1. The Labute approximate surface area is 92.3 Å². The lowest BCUT2D eigenvalue weighted by molar-refractivity contribution is 0.805. The van der Waals surface area contributed by atoms with E-state index in [4.69, 9.17) is 11.6 Å². The molecule has 0 radical (unpaired) electrons. The van der Waals surface area contributed by atoms with Crippen molar-refractivity contribution in [3.05, 3.63) is 22.9 Å². The standard InChI is InChI=1S/C10H11ClN4/c1-5-3-7(5)10-14-13-9-4-8(11)12-6(2)15(9)10/h4-5,7H,3H2,1-2H3. The number of halogens is 1. The third-order valence-electron chi connectivity index (χ3n) is 2.99. The zero-order valence-electron chi connectivity index (χ0n) is 8.61. The lowest BCUT2D eigenvalue weighted by Gasteiger charge is -2.02. The maximum Gasteiger partial charge on any atom is 0.165 e. The van der Waals surface area contributed by atoms with Crippen LogP contribution in [-0.2, 0) is 0 Å². The summed E-state index contributed by atoms with van der Waals surface area (Å²) in [6.07, 6.45) is 1.20. The lowest BCUT2D eigenvalue weighted by Crippen LogP contribution is -2.00. The highest BCUT2D eigenvalue weighted by molar-refractivity contribution is 6.29. The van der Waals surface area contributed by atoms with E-state index in [0.29, 0.717) is 17.0 Å². The van der Waals surface area contributed by atoms with E-state index < -0.39 is 0 Å². The maximum atomic E-state index is 5.86. The van der Waals surface area contributed by atoms with Crippen LogP contribution in [0.3, 0.4) is 0 Å². The van der Waals surface area contributed by atoms with Crippen molar-refractivity contribution in [3.63, 3.8) is 0 Å². The van der Waals surface area contributed by atoms with E-state index in [9.17, 15) is 0 Å². The molecule has 15 heavy (non-hydrogen) atoms. The predicted octanol–water partition coefficient (Wildman–Crippen LogP) is 2.21. The largest absolute Gasteiger partial charge is 0.266 e. The zero-order chi connectivity index (χ0) is 10.6. The Bertz CT molecular complexity index is 533. The Morgan fingerprint density at radius 2 is 2.20 bits per heavy atom. The van der Waals surface area contributed by atoms with E-state index in [0.717, 1.165) is 17.3 Å². The van der Waals surface area contributed by atoms with Crippen molar-refractivity contribution in [2.45, 2.75) is 26.2 Å². The Kier molecular flexibility index (Phi) is 1.77. The van der Waals surface area contributed by atoms with Gasteiger partial charge in [0.25, 0.3) is 0 Å². The molecule has 0 aliphatic heterocycles. The molecule has 2 atom stereocenters. The molecule has 0 spiro atoms. The molecular weight excluding hydrogens is 212 g/mol. The van der Waals surface area contributed by atoms with Gasteiger partial charge in [-0.15, -0.1) is 10.2 Å². The first-order valence-corrected chi connectivity index (χ1v) is 5.43. The van der Waals surface area contributed by atoms with Crippen molar-refractivity contribution in [1.82, 2.24) is 19.6 Å². The van der Waals surface area contributed by atoms with Gasteiger partial charge in [-0.05, 0) is 19.3 Å². The molecule has 1 saturated carbocycles. The molecule has 2 heterocycles. The van der Waals surface area contributed by atoms with Crippen LogP contribution in [0.25, 0.3) is 5.65 Å². The summed E-state index contributed by atoms with van der Waals surface area (Å²) in [5, 5.41) is 8.82. The van der Waals surface area contributed by atoms with Crippen LogP contribution < -0.4 is 0 Å². The normalized spacial score (nSPS) is 24.7. The second kappa shape index (κ2) is 2.92. The molecule has 1 aliphatic carbocycles. The molecule has 0 aromatic carbocycles. The highest BCUT2D eigenvalue weighted by Crippen LogP contribution is 2.46. The van der Waals surface area contributed by atoms with Crippen molar-refractivity contribution in [3.8, 4) is 0 Å². The van der Waals surface area contributed by atoms with E-state index in [1.165, 1.54) is 6.42 Å². The summed E-state index contributed by atoms with van der Waals surface area (Å²) in [7, 11) is 0. The summed E-state index contributed by atoms with van der Waals surface area (Å²) in [6, 6.07) is 1.75. The van der Waals surface area contributed by atoms with Crippen molar-refractivity contribution in [1.29, 1.82) is 0 Å². The monoisotopic (exact) mass is 222 g/mol. The summed E-state index contributed by atoms with van der Waals surface area (Å²) in [4.78, 5) is 4.22. The first kappa shape index (κ1) is 9.09. The molecule has 0 saturated heterocycles. The highest BCUT2D eigenvalue weighted by atomic mass is 35.5. The van der Waals surface area contributed by atoms with Crippen molar-refractivity contribution in [2.24, 2.45) is 5.92 Å². The van der Waals surface area contributed by atoms with Crippen molar-refractivity contribution in [2.75, 3.05) is 0 Å². The molecule has 1 fully saturated rings. The minimum atomic E-state index is 0.475. The Morgan fingerprint density at radius 1 is 1.47 bits per heavy atom. The summed E-state index contributed by atoms with van der Waals surface area (Å²) >= 11 is 5.86. The van der Waals surface area contributed by atoms with E-state index in [1.807, 2.05) is 11.3 Å². The van der Waals surface area contributed by atoms with Gasteiger partial charge in [0.1, 0.15) is 16.8 Å². The molecular formula is C10H11ClN4. The molecule has 3 rings (SSSR count). The average molecular weight is 223 g/mol. The van der Waals surface area contributed by atoms with E-state index >= 15 is 0 Å². The number of hydrogen-bond acceptors (Lipinski definition) is 3. The van der Waals surface area contributed by atoms with Crippen LogP contribution in [0.4, 0.5) is 0 Å². The third kappa shape index (κ3) is 1.32. The predicted molar refractivity (Wildman–Crippen MR) is 57.1 cm³/mol. The molecule has 1 aliphatic rings. The van der Waals surface area contributed by atoms with Crippen LogP contribution in [0.1, 0.15) is 30.9 Å². The van der Waals surface area contributed by atoms with Gasteiger partial charge in [0, 0.05) is 12.0 Å². The van der Waals surface area contributed by atoms with Crippen LogP contribution in [0, 0.1) is 12.8 Å². The summed E-state index contributed by atoms with van der Waals surface area (Å²) in [6.45, 7) is 4.16. The molecule has 0 N–H and O–H groups in total. The van der Waals surface area contributed by atoms with Gasteiger partial charge in [-0.1, -0.05) is 18.5 Å². The average Bonchev–Trinajstić information content (AvgIpc) is 2.74. The number of aryl methyl sites for hydroxylation is 1. The Morgan fingerprint density at radius 3 is 2.87 bits per heavy atom. The minimum Gasteiger partial charge on any atom is -0.266 e. The second-order valence-electron chi connectivity index (χ2n) is 4.20. The first-order valence-electron chi connectivity index (χ1n) is 5.05. The number of hydrogen-bond donors (Lipinski definition) is 0. The highest BCUT2D eigenvalue weighted by Gasteiger charge is 2.38. The van der Waals surface area contributed by atoms with E-state index in [2.05, 4.69) is 22.1 Å². The lowest BCUT2D eigenvalue weighted by atomic mass is 10.3. The second-order valence-corrected chi connectivity index (χ2v) is 4.58. The number of aromatic nitrogens is 4. The molecule has 0 bridgehead atoms. The summed E-state index contributed by atoms with van der Waals surface area (Å²) in [5.74, 6) is 3.14. The summed E-state index contributed by atoms with van der Waals surface area (Å²) < 4.78 is 2.00. The molecule has 4 nitrogen and oxygen atoms in total. The van der Waals surface area contributed by atoms with Gasteiger partial charge in [-0.3, -0.25) is 4.40 Å². The van der Waals surface area contributed by atoms with Crippen LogP contribution in [0.5, 0.6) is 0 Å². The molecule has 5 heteroatoms. The van der Waals surface area contributed by atoms with Gasteiger partial charge in [0.05, 0.1) is 0 Å². The SMILES string of the molecule is Cc1nc(Cl)cc2nnc(C3CC3C)n12. The Hall–Kier alpha value is -1.16. The minimum absolute atomic E-state index is 0.475. The van der Waals surface area contributed by atoms with Gasteiger partial charge in [-0.25, -0.2) is 4.98 Å². The summed E-state index contributed by atoms with van der Waals surface area (Å²) in [5.41, 5.74) is 0.793. The van der Waals surface area contributed by atoms with Gasteiger partial charge >= 0.3 is 0 Å². The fraction of sp³-hybridized carbons (Fsp3) is 0.500. The molecule has 2 unspecified atom stereocenters. The van der Waals surface area contributed by atoms with Gasteiger partial charge in [-0.2, -0.15) is 0 Å². The van der Waals surface area contributed by atoms with Crippen LogP contribution in [0.15, 0.2) is 6.07 Å². The topological polar surface area (TPSA) is 43.1 Å². The van der Waals surface area contributed by atoms with Crippen molar-refractivity contribution < 1.29 is 0 Å². The molecule has 2 aromatic heterocycles. The quantitative estimate of drug-likeness (QED) is 0.695. The Balaban J connectivity index is 2.24. The fourth-order valence-electron chi connectivity index (χ4n) is 2.00. The fourth-order valence-corrected chi connectivity index (χ4v) is 2.22. The smallest absolute Gasteiger partial charge is 0.165 e. The number of rotatable bonds is 1. The molecule has 2 aromatic rings. The van der Waals surface area contributed by atoms with Gasteiger partial charge in [0.15, 0.2) is 5.65 Å². The van der Waals surface area contributed by atoms with E-state index in [1.54, 1.807) is 6.07 Å². The van der Waals surface area contributed by atoms with Crippen LogP contribution in [0.2, 0.25) is 5.15 Å². The van der Waals surface area contributed by atoms with E-state index in [-0.39, 0.29) is 0 Å². The van der Waals surface area contributed by atoms with Crippen LogP contribution >= 0.6 is 11.6 Å². The molecule has 0 amide bonds. The maximum absolute atomic E-state index is 5.86. The van der Waals surface area contributed by atoms with Gasteiger partial charge in [0.2, 0.25) is 0 Å². The first-order chi connectivity index (χ1) is 7.16. The number of nitrogens with zero attached hydrogens (tertiary/aromatic N) is 4. The third-order valence-corrected chi connectivity index (χ3v) is 3.19. The van der Waals surface area contributed by atoms with Gasteiger partial charge < -0.3 is 0 Å². The molecule has 78 valence electrons.